The molecule has 2 rings (SSSR count). The molecular weight excluding hydrogens is 238 g/mol. The minimum absolute atomic E-state index is 0.130. The molecule has 19 heavy (non-hydrogen) atoms. The zero-order valence-electron chi connectivity index (χ0n) is 12.0. The number of carbonyl (C=O) groups is 1. The number of rotatable bonds is 6. The molecule has 1 aromatic carbocycles. The summed E-state index contributed by atoms with van der Waals surface area (Å²) < 4.78 is 0. The predicted octanol–water partition coefficient (Wildman–Crippen LogP) is 3.16. The summed E-state index contributed by atoms with van der Waals surface area (Å²) in [5.41, 5.74) is 3.70. The maximum Gasteiger partial charge on any atom is 0.317 e. The van der Waals surface area contributed by atoms with Gasteiger partial charge in [-0.3, -0.25) is 9.69 Å². The summed E-state index contributed by atoms with van der Waals surface area (Å²) >= 11 is 0. The first-order valence-electron chi connectivity index (χ1n) is 6.99. The highest BCUT2D eigenvalue weighted by Gasteiger charge is 2.28. The van der Waals surface area contributed by atoms with Gasteiger partial charge in [-0.1, -0.05) is 29.3 Å². The molecule has 0 radical (unpaired) electrons. The Hall–Kier alpha value is -1.35. The average Bonchev–Trinajstić information content (AvgIpc) is 3.09. The molecule has 1 atom stereocenters. The van der Waals surface area contributed by atoms with E-state index in [1.54, 1.807) is 0 Å². The summed E-state index contributed by atoms with van der Waals surface area (Å²) in [6.45, 7) is 7.32. The molecule has 0 amide bonds. The lowest BCUT2D eigenvalue weighted by molar-refractivity contribution is -0.139. The number of nitrogens with zero attached hydrogens (tertiary/aromatic N) is 1. The van der Waals surface area contributed by atoms with E-state index < -0.39 is 5.97 Å². The van der Waals surface area contributed by atoms with Gasteiger partial charge in [-0.25, -0.2) is 0 Å². The number of hydrogen-bond acceptors (Lipinski definition) is 2. The molecule has 0 aliphatic heterocycles. The number of carboxylic acids is 1. The highest BCUT2D eigenvalue weighted by atomic mass is 16.4. The van der Waals surface area contributed by atoms with Crippen LogP contribution in [-0.2, 0) is 4.79 Å². The standard InChI is InChI=1S/C16H23NO2/c1-11-6-12(2)8-15(7-11)13(3)17(10-16(18)19)9-14-4-5-14/h6-8,13-14H,4-5,9-10H2,1-3H3,(H,18,19). The van der Waals surface area contributed by atoms with E-state index in [0.717, 1.165) is 6.54 Å². The fraction of sp³-hybridized carbons (Fsp3) is 0.562. The van der Waals surface area contributed by atoms with Gasteiger partial charge in [0.05, 0.1) is 6.54 Å². The van der Waals surface area contributed by atoms with Crippen molar-refractivity contribution < 1.29 is 9.90 Å². The maximum absolute atomic E-state index is 11.0. The first-order chi connectivity index (χ1) is 8.95. The van der Waals surface area contributed by atoms with Crippen LogP contribution in [0.4, 0.5) is 0 Å². The van der Waals surface area contributed by atoms with Gasteiger partial charge in [0.1, 0.15) is 0 Å². The van der Waals surface area contributed by atoms with Crippen LogP contribution in [0.1, 0.15) is 42.5 Å². The van der Waals surface area contributed by atoms with Crippen molar-refractivity contribution in [2.45, 2.75) is 39.7 Å². The molecule has 3 nitrogen and oxygen atoms in total. The number of aryl methyl sites for hydroxylation is 2. The Bertz CT molecular complexity index is 446. The van der Waals surface area contributed by atoms with Crippen LogP contribution in [0.25, 0.3) is 0 Å². The van der Waals surface area contributed by atoms with Gasteiger partial charge >= 0.3 is 5.97 Å². The average molecular weight is 261 g/mol. The van der Waals surface area contributed by atoms with Crippen LogP contribution in [0.5, 0.6) is 0 Å². The molecule has 0 heterocycles. The third-order valence-corrected chi connectivity index (χ3v) is 3.80. The van der Waals surface area contributed by atoms with Gasteiger partial charge in [-0.05, 0) is 45.1 Å². The molecule has 0 saturated heterocycles. The molecule has 1 aromatic rings. The molecule has 1 saturated carbocycles. The van der Waals surface area contributed by atoms with Gasteiger partial charge < -0.3 is 5.11 Å². The molecule has 104 valence electrons. The Morgan fingerprint density at radius 3 is 2.37 bits per heavy atom. The Kier molecular flexibility index (Phi) is 4.25. The van der Waals surface area contributed by atoms with Gasteiger partial charge in [-0.15, -0.1) is 0 Å². The lowest BCUT2D eigenvalue weighted by atomic mass is 10.0. The maximum atomic E-state index is 11.0. The fourth-order valence-electron chi connectivity index (χ4n) is 2.63. The lowest BCUT2D eigenvalue weighted by Crippen LogP contribution is -2.34. The predicted molar refractivity (Wildman–Crippen MR) is 76.3 cm³/mol. The second kappa shape index (κ2) is 5.74. The van der Waals surface area contributed by atoms with Crippen LogP contribution in [-0.4, -0.2) is 29.1 Å². The van der Waals surface area contributed by atoms with Gasteiger partial charge in [0.2, 0.25) is 0 Å². The van der Waals surface area contributed by atoms with E-state index in [1.807, 2.05) is 0 Å². The van der Waals surface area contributed by atoms with E-state index in [-0.39, 0.29) is 12.6 Å². The Balaban J connectivity index is 2.15. The van der Waals surface area contributed by atoms with E-state index in [1.165, 1.54) is 29.5 Å². The molecule has 0 spiro atoms. The molecule has 1 aliphatic rings. The minimum Gasteiger partial charge on any atom is -0.480 e. The van der Waals surface area contributed by atoms with Crippen LogP contribution in [0.2, 0.25) is 0 Å². The third-order valence-electron chi connectivity index (χ3n) is 3.80. The van der Waals surface area contributed by atoms with Crippen molar-refractivity contribution in [3.05, 3.63) is 34.9 Å². The Morgan fingerprint density at radius 1 is 1.32 bits per heavy atom. The highest BCUT2D eigenvalue weighted by Crippen LogP contribution is 2.33. The van der Waals surface area contributed by atoms with Crippen molar-refractivity contribution in [1.29, 1.82) is 0 Å². The van der Waals surface area contributed by atoms with Crippen LogP contribution in [0.15, 0.2) is 18.2 Å². The minimum atomic E-state index is -0.739. The summed E-state index contributed by atoms with van der Waals surface area (Å²) in [7, 11) is 0. The monoisotopic (exact) mass is 261 g/mol. The number of carboxylic acid groups (broad SMARTS) is 1. The zero-order chi connectivity index (χ0) is 14.0. The van der Waals surface area contributed by atoms with Crippen LogP contribution in [0, 0.1) is 19.8 Å². The van der Waals surface area contributed by atoms with Gasteiger partial charge in [0.25, 0.3) is 0 Å². The van der Waals surface area contributed by atoms with Gasteiger partial charge in [0, 0.05) is 12.6 Å². The number of hydrogen-bond donors (Lipinski definition) is 1. The molecule has 1 fully saturated rings. The molecule has 3 heteroatoms. The van der Waals surface area contributed by atoms with Crippen molar-refractivity contribution in [2.75, 3.05) is 13.1 Å². The summed E-state index contributed by atoms with van der Waals surface area (Å²) in [4.78, 5) is 13.1. The van der Waals surface area contributed by atoms with E-state index in [0.29, 0.717) is 5.92 Å². The summed E-state index contributed by atoms with van der Waals surface area (Å²) in [5, 5.41) is 9.08. The summed E-state index contributed by atoms with van der Waals surface area (Å²) in [6.07, 6.45) is 2.49. The second-order valence-electron chi connectivity index (χ2n) is 5.86. The van der Waals surface area contributed by atoms with Gasteiger partial charge in [0.15, 0.2) is 0 Å². The molecule has 0 aromatic heterocycles. The van der Waals surface area contributed by atoms with Crippen molar-refractivity contribution in [2.24, 2.45) is 5.92 Å². The van der Waals surface area contributed by atoms with E-state index >= 15 is 0 Å². The van der Waals surface area contributed by atoms with Crippen LogP contribution in [0.3, 0.4) is 0 Å². The number of aliphatic carboxylic acids is 1. The van der Waals surface area contributed by atoms with Crippen molar-refractivity contribution in [3.63, 3.8) is 0 Å². The molecule has 1 unspecified atom stereocenters. The molecule has 1 aliphatic carbocycles. The first-order valence-corrected chi connectivity index (χ1v) is 6.99. The van der Waals surface area contributed by atoms with Crippen molar-refractivity contribution in [1.82, 2.24) is 4.90 Å². The van der Waals surface area contributed by atoms with Crippen molar-refractivity contribution >= 4 is 5.97 Å². The largest absolute Gasteiger partial charge is 0.480 e. The van der Waals surface area contributed by atoms with Crippen LogP contribution >= 0.6 is 0 Å². The number of benzene rings is 1. The van der Waals surface area contributed by atoms with E-state index in [2.05, 4.69) is 43.9 Å². The molecule has 0 bridgehead atoms. The molecule has 1 N–H and O–H groups in total. The van der Waals surface area contributed by atoms with E-state index in [4.69, 9.17) is 5.11 Å². The SMILES string of the molecule is Cc1cc(C)cc(C(C)N(CC(=O)O)CC2CC2)c1. The Morgan fingerprint density at radius 2 is 1.89 bits per heavy atom. The Labute approximate surface area is 115 Å². The highest BCUT2D eigenvalue weighted by molar-refractivity contribution is 5.69. The normalized spacial score (nSPS) is 16.6. The van der Waals surface area contributed by atoms with Crippen molar-refractivity contribution in [3.8, 4) is 0 Å². The lowest BCUT2D eigenvalue weighted by Gasteiger charge is -2.28. The summed E-state index contributed by atoms with van der Waals surface area (Å²) in [6, 6.07) is 6.65. The topological polar surface area (TPSA) is 40.5 Å². The summed E-state index contributed by atoms with van der Waals surface area (Å²) in [5.74, 6) is -0.0374. The van der Waals surface area contributed by atoms with Crippen LogP contribution < -0.4 is 0 Å². The first kappa shape index (κ1) is 14.1. The van der Waals surface area contributed by atoms with E-state index in [9.17, 15) is 4.79 Å². The third kappa shape index (κ3) is 4.06. The van der Waals surface area contributed by atoms with Gasteiger partial charge in [-0.2, -0.15) is 0 Å². The fourth-order valence-corrected chi connectivity index (χ4v) is 2.63. The second-order valence-corrected chi connectivity index (χ2v) is 5.86. The zero-order valence-corrected chi connectivity index (χ0v) is 12.0. The quantitative estimate of drug-likeness (QED) is 0.855. The molecular formula is C16H23NO2. The smallest absolute Gasteiger partial charge is 0.317 e.